The quantitative estimate of drug-likeness (QED) is 0.108. The second-order valence-corrected chi connectivity index (χ2v) is 9.94. The fourth-order valence-corrected chi connectivity index (χ4v) is 3.46. The highest BCUT2D eigenvalue weighted by Crippen LogP contribution is 2.65. The van der Waals surface area contributed by atoms with Crippen molar-refractivity contribution in [3.05, 3.63) is 0 Å². The van der Waals surface area contributed by atoms with Gasteiger partial charge in [0, 0.05) is 0 Å². The van der Waals surface area contributed by atoms with E-state index in [-0.39, 0.29) is 0 Å². The summed E-state index contributed by atoms with van der Waals surface area (Å²) in [6.07, 6.45) is -6.18. The molecule has 0 unspecified atom stereocenters. The lowest BCUT2D eigenvalue weighted by Gasteiger charge is -2.44. The average Bonchev–Trinajstić information content (AvgIpc) is 2.84. The topological polar surface area (TPSA) is 57.2 Å². The highest BCUT2D eigenvalue weighted by Gasteiger charge is 2.97. The first-order valence-electron chi connectivity index (χ1n) is 10.9. The SMILES string of the molecule is CC[N+](CC)(CC)CC.O=S(=O)([O-])C(F)(F)C(F)(F)C(F)(F)C(F)(F)C(F)(F)C(F)(F)C(F)(F)C(F)(F)C(F)(F)C(F)F. The van der Waals surface area contributed by atoms with E-state index in [4.69, 9.17) is 0 Å². The van der Waals surface area contributed by atoms with E-state index in [1.54, 1.807) is 0 Å². The van der Waals surface area contributed by atoms with Gasteiger partial charge in [-0.3, -0.25) is 0 Å². The van der Waals surface area contributed by atoms with E-state index in [1.165, 1.54) is 30.7 Å². The highest BCUT2D eigenvalue weighted by molar-refractivity contribution is 7.86. The molecule has 0 rings (SSSR count). The number of hydrogen-bond donors (Lipinski definition) is 0. The number of hydrogen-bond acceptors (Lipinski definition) is 3. The Balaban J connectivity index is 0. The molecule has 0 aromatic rings. The molecule has 0 aliphatic rings. The lowest BCUT2D eigenvalue weighted by molar-refractivity contribution is -0.921. The summed E-state index contributed by atoms with van der Waals surface area (Å²) in [5.74, 6) is -70.8. The Hall–Kier alpha value is -1.53. The molecular formula is C18H21F20NO3S. The van der Waals surface area contributed by atoms with E-state index in [1.807, 2.05) is 0 Å². The van der Waals surface area contributed by atoms with E-state index in [9.17, 15) is 101 Å². The van der Waals surface area contributed by atoms with Crippen LogP contribution in [-0.4, -0.2) is 103 Å². The van der Waals surface area contributed by atoms with Gasteiger partial charge in [-0.25, -0.2) is 17.2 Å². The maximum absolute atomic E-state index is 13.3. The summed E-state index contributed by atoms with van der Waals surface area (Å²) >= 11 is 0. The Morgan fingerprint density at radius 1 is 0.488 bits per heavy atom. The van der Waals surface area contributed by atoms with Gasteiger partial charge in [-0.1, -0.05) is 0 Å². The van der Waals surface area contributed by atoms with Crippen LogP contribution in [-0.2, 0) is 10.1 Å². The van der Waals surface area contributed by atoms with Crippen molar-refractivity contribution in [2.75, 3.05) is 26.2 Å². The number of alkyl halides is 20. The molecule has 0 saturated carbocycles. The van der Waals surface area contributed by atoms with Gasteiger partial charge in [-0.2, -0.15) is 79.0 Å². The minimum absolute atomic E-state index is 1.28. The third kappa shape index (κ3) is 6.30. The summed E-state index contributed by atoms with van der Waals surface area (Å²) in [5, 5.41) is -8.12. The molecular weight excluding hydrogens is 690 g/mol. The van der Waals surface area contributed by atoms with Crippen molar-refractivity contribution in [2.24, 2.45) is 0 Å². The molecule has 0 N–H and O–H groups in total. The zero-order chi connectivity index (χ0) is 35.9. The predicted octanol–water partition coefficient (Wildman–Crippen LogP) is 7.35. The molecule has 0 fully saturated rings. The van der Waals surface area contributed by atoms with E-state index < -0.39 is 69.2 Å². The molecule has 0 amide bonds. The molecule has 4 nitrogen and oxygen atoms in total. The first-order valence-corrected chi connectivity index (χ1v) is 12.3. The maximum atomic E-state index is 13.3. The zero-order valence-electron chi connectivity index (χ0n) is 21.5. The second kappa shape index (κ2) is 12.3. The van der Waals surface area contributed by atoms with Crippen LogP contribution in [0.25, 0.3) is 0 Å². The van der Waals surface area contributed by atoms with Crippen molar-refractivity contribution < 1.29 is 105 Å². The van der Waals surface area contributed by atoms with E-state index >= 15 is 0 Å². The normalized spacial score (nSPS) is 15.9. The van der Waals surface area contributed by atoms with Crippen LogP contribution in [0.3, 0.4) is 0 Å². The average molecular weight is 711 g/mol. The smallest absolute Gasteiger partial charge is 0.402 e. The Morgan fingerprint density at radius 2 is 0.698 bits per heavy atom. The van der Waals surface area contributed by atoms with Gasteiger partial charge in [0.25, 0.3) is 0 Å². The van der Waals surface area contributed by atoms with Gasteiger partial charge in [-0.05, 0) is 27.7 Å². The lowest BCUT2D eigenvalue weighted by Crippen LogP contribution is -2.76. The summed E-state index contributed by atoms with van der Waals surface area (Å²) < 4.78 is 289. The number of quaternary nitrogens is 1. The highest BCUT2D eigenvalue weighted by atomic mass is 32.2. The maximum Gasteiger partial charge on any atom is 0.402 e. The van der Waals surface area contributed by atoms with Crippen LogP contribution in [0.2, 0.25) is 0 Å². The molecule has 0 atom stereocenters. The van der Waals surface area contributed by atoms with Gasteiger partial charge in [0.1, 0.15) is 0 Å². The Kier molecular flexibility index (Phi) is 12.5. The van der Waals surface area contributed by atoms with Gasteiger partial charge in [-0.15, -0.1) is 0 Å². The van der Waals surface area contributed by atoms with Crippen LogP contribution in [0, 0.1) is 0 Å². The molecule has 0 radical (unpaired) electrons. The summed E-state index contributed by atoms with van der Waals surface area (Å²) in [7, 11) is -8.29. The minimum Gasteiger partial charge on any atom is -0.743 e. The first-order chi connectivity index (χ1) is 18.4. The third-order valence-corrected chi connectivity index (χ3v) is 7.31. The number of halogens is 20. The van der Waals surface area contributed by atoms with Crippen LogP contribution >= 0.6 is 0 Å². The molecule has 0 aromatic carbocycles. The summed E-state index contributed by atoms with van der Waals surface area (Å²) in [4.78, 5) is 0. The lowest BCUT2D eigenvalue weighted by atomic mass is 9.87. The van der Waals surface area contributed by atoms with Crippen LogP contribution in [0.15, 0.2) is 0 Å². The van der Waals surface area contributed by atoms with Gasteiger partial charge in [0.15, 0.2) is 10.1 Å². The van der Waals surface area contributed by atoms with Crippen molar-refractivity contribution in [3.8, 4) is 0 Å². The Labute approximate surface area is 229 Å². The predicted molar refractivity (Wildman–Crippen MR) is 103 cm³/mol. The fourth-order valence-electron chi connectivity index (χ4n) is 3.01. The van der Waals surface area contributed by atoms with Gasteiger partial charge in [0.05, 0.1) is 26.2 Å². The van der Waals surface area contributed by atoms with E-state index in [2.05, 4.69) is 27.7 Å². The van der Waals surface area contributed by atoms with Crippen LogP contribution in [0.5, 0.6) is 0 Å². The van der Waals surface area contributed by atoms with Crippen molar-refractivity contribution in [2.45, 2.75) is 86.8 Å². The molecule has 0 spiro atoms. The molecule has 43 heavy (non-hydrogen) atoms. The molecule has 0 saturated heterocycles. The first kappa shape index (κ1) is 43.6. The number of rotatable bonds is 14. The summed E-state index contributed by atoms with van der Waals surface area (Å²) in [6, 6.07) is 0. The van der Waals surface area contributed by atoms with Gasteiger partial charge in [0.2, 0.25) is 0 Å². The third-order valence-electron chi connectivity index (χ3n) is 6.42. The Morgan fingerprint density at radius 3 is 0.860 bits per heavy atom. The Bertz CT molecular complexity index is 1020. The van der Waals surface area contributed by atoms with E-state index in [0.717, 1.165) is 0 Å². The summed E-state index contributed by atoms with van der Waals surface area (Å²) in [5.41, 5.74) is 0. The van der Waals surface area contributed by atoms with Crippen molar-refractivity contribution in [1.29, 1.82) is 0 Å². The molecule has 25 heteroatoms. The second-order valence-electron chi connectivity index (χ2n) is 8.52. The van der Waals surface area contributed by atoms with Crippen LogP contribution in [0.4, 0.5) is 87.8 Å². The summed E-state index contributed by atoms with van der Waals surface area (Å²) in [6.45, 7) is 14.2. The van der Waals surface area contributed by atoms with Crippen LogP contribution < -0.4 is 0 Å². The van der Waals surface area contributed by atoms with Crippen LogP contribution in [0.1, 0.15) is 27.7 Å². The van der Waals surface area contributed by atoms with Crippen molar-refractivity contribution >= 4 is 10.1 Å². The largest absolute Gasteiger partial charge is 0.743 e. The molecule has 262 valence electrons. The van der Waals surface area contributed by atoms with Gasteiger partial charge < -0.3 is 9.04 Å². The number of nitrogens with zero attached hydrogens (tertiary/aromatic N) is 1. The van der Waals surface area contributed by atoms with Crippen molar-refractivity contribution in [1.82, 2.24) is 0 Å². The zero-order valence-corrected chi connectivity index (χ0v) is 22.4. The molecule has 0 aromatic heterocycles. The standard InChI is InChI=1S/C10H2F20O3S.C8H20N/c11-1(12)2(13,14)3(15,16)4(17,18)5(19,20)6(21,22)7(23,24)8(25,26)9(27,28)10(29,30)34(31,32)33;1-5-9(6-2,7-3)8-4/h1H,(H,31,32,33);5-8H2,1-4H3/q;+1/p-1. The molecule has 0 bridgehead atoms. The van der Waals surface area contributed by atoms with E-state index in [0.29, 0.717) is 0 Å². The fraction of sp³-hybridized carbons (Fsp3) is 1.00. The molecule has 0 aliphatic carbocycles. The molecule has 0 aliphatic heterocycles. The van der Waals surface area contributed by atoms with Crippen molar-refractivity contribution in [3.63, 3.8) is 0 Å². The molecule has 0 heterocycles. The minimum atomic E-state index is -9.26. The van der Waals surface area contributed by atoms with Gasteiger partial charge >= 0.3 is 59.1 Å². The monoisotopic (exact) mass is 711 g/mol.